The van der Waals surface area contributed by atoms with E-state index in [2.05, 4.69) is 18.2 Å². The monoisotopic (exact) mass is 332 g/mol. The number of carboxylic acid groups (broad SMARTS) is 2. The number of allylic oxidation sites excluding steroid dienone is 3. The van der Waals surface area contributed by atoms with Gasteiger partial charge in [-0.25, -0.2) is 0 Å². The molecular formula is C21H16O4. The summed E-state index contributed by atoms with van der Waals surface area (Å²) in [7, 11) is 0. The van der Waals surface area contributed by atoms with Crippen molar-refractivity contribution in [3.8, 4) is 11.1 Å². The highest BCUT2D eigenvalue weighted by molar-refractivity contribution is 6.03. The van der Waals surface area contributed by atoms with Crippen molar-refractivity contribution in [3.05, 3.63) is 77.4 Å². The number of carboxylic acids is 2. The third kappa shape index (κ3) is 2.22. The minimum absolute atomic E-state index is 0.0546. The van der Waals surface area contributed by atoms with Gasteiger partial charge in [0, 0.05) is 6.42 Å². The van der Waals surface area contributed by atoms with Crippen LogP contribution in [0.25, 0.3) is 16.7 Å². The van der Waals surface area contributed by atoms with Crippen molar-refractivity contribution < 1.29 is 19.8 Å². The van der Waals surface area contributed by atoms with Gasteiger partial charge in [-0.15, -0.1) is 0 Å². The standard InChI is InChI=1S/C21H16O4/c22-19(23)21(20(24)25)10-4-6-14(12-21)16-8-3-9-17-15-7-2-1-5-13(15)11-18(16)17/h1-10H,11-12H2,(H,22,23)(H,24,25). The zero-order valence-corrected chi connectivity index (χ0v) is 13.4. The van der Waals surface area contributed by atoms with Gasteiger partial charge in [0.15, 0.2) is 5.41 Å². The molecule has 4 rings (SSSR count). The molecule has 0 amide bonds. The lowest BCUT2D eigenvalue weighted by Crippen LogP contribution is -2.38. The molecule has 25 heavy (non-hydrogen) atoms. The van der Waals surface area contributed by atoms with Crippen LogP contribution in [0.4, 0.5) is 0 Å². The van der Waals surface area contributed by atoms with Gasteiger partial charge in [-0.1, -0.05) is 60.7 Å². The number of carbonyl (C=O) groups is 2. The molecule has 2 aromatic rings. The second-order valence-electron chi connectivity index (χ2n) is 6.48. The molecule has 124 valence electrons. The van der Waals surface area contributed by atoms with Crippen molar-refractivity contribution in [2.45, 2.75) is 12.8 Å². The quantitative estimate of drug-likeness (QED) is 0.716. The van der Waals surface area contributed by atoms with E-state index in [0.717, 1.165) is 28.7 Å². The summed E-state index contributed by atoms with van der Waals surface area (Å²) in [5.74, 6) is -2.67. The van der Waals surface area contributed by atoms with Gasteiger partial charge < -0.3 is 10.2 Å². The summed E-state index contributed by atoms with van der Waals surface area (Å²) < 4.78 is 0. The summed E-state index contributed by atoms with van der Waals surface area (Å²) >= 11 is 0. The van der Waals surface area contributed by atoms with Crippen LogP contribution < -0.4 is 0 Å². The maximum Gasteiger partial charge on any atom is 0.325 e. The number of benzene rings is 2. The Balaban J connectivity index is 1.81. The van der Waals surface area contributed by atoms with Crippen molar-refractivity contribution in [2.75, 3.05) is 0 Å². The molecule has 4 heteroatoms. The second kappa shape index (κ2) is 5.45. The summed E-state index contributed by atoms with van der Waals surface area (Å²) in [4.78, 5) is 23.3. The highest BCUT2D eigenvalue weighted by atomic mass is 16.4. The highest BCUT2D eigenvalue weighted by Gasteiger charge is 2.46. The second-order valence-corrected chi connectivity index (χ2v) is 6.48. The van der Waals surface area contributed by atoms with Gasteiger partial charge in [-0.3, -0.25) is 9.59 Å². The van der Waals surface area contributed by atoms with E-state index in [9.17, 15) is 19.8 Å². The van der Waals surface area contributed by atoms with E-state index < -0.39 is 17.4 Å². The smallest absolute Gasteiger partial charge is 0.325 e. The molecule has 2 aliphatic carbocycles. The lowest BCUT2D eigenvalue weighted by atomic mass is 9.75. The molecule has 2 aromatic carbocycles. The van der Waals surface area contributed by atoms with E-state index in [-0.39, 0.29) is 6.42 Å². The van der Waals surface area contributed by atoms with Crippen LogP contribution in [0.3, 0.4) is 0 Å². The fraction of sp³-hybridized carbons (Fsp3) is 0.143. The van der Waals surface area contributed by atoms with Crippen molar-refractivity contribution in [1.29, 1.82) is 0 Å². The summed E-state index contributed by atoms with van der Waals surface area (Å²) in [6.07, 6.45) is 5.35. The van der Waals surface area contributed by atoms with Gasteiger partial charge >= 0.3 is 11.9 Å². The molecule has 0 unspecified atom stereocenters. The van der Waals surface area contributed by atoms with Gasteiger partial charge in [0.25, 0.3) is 0 Å². The zero-order chi connectivity index (χ0) is 17.6. The fourth-order valence-electron chi connectivity index (χ4n) is 3.78. The number of fused-ring (bicyclic) bond motifs is 3. The number of aliphatic carboxylic acids is 2. The first-order valence-electron chi connectivity index (χ1n) is 8.09. The predicted molar refractivity (Wildman–Crippen MR) is 94.1 cm³/mol. The molecule has 0 aliphatic heterocycles. The zero-order valence-electron chi connectivity index (χ0n) is 13.4. The van der Waals surface area contributed by atoms with Crippen molar-refractivity contribution in [2.24, 2.45) is 5.41 Å². The Morgan fingerprint density at radius 2 is 1.56 bits per heavy atom. The van der Waals surface area contributed by atoms with E-state index in [0.29, 0.717) is 0 Å². The van der Waals surface area contributed by atoms with E-state index in [1.807, 2.05) is 30.3 Å². The van der Waals surface area contributed by atoms with Crippen LogP contribution in [0.2, 0.25) is 0 Å². The van der Waals surface area contributed by atoms with Gasteiger partial charge in [-0.05, 0) is 39.8 Å². The van der Waals surface area contributed by atoms with Crippen LogP contribution in [0, 0.1) is 5.41 Å². The van der Waals surface area contributed by atoms with Crippen LogP contribution in [0.15, 0.2) is 60.7 Å². The molecule has 0 bridgehead atoms. The van der Waals surface area contributed by atoms with Gasteiger partial charge in [0.2, 0.25) is 0 Å². The Kier molecular flexibility index (Phi) is 3.35. The minimum Gasteiger partial charge on any atom is -0.480 e. The third-order valence-electron chi connectivity index (χ3n) is 5.11. The predicted octanol–water partition coefficient (Wildman–Crippen LogP) is 3.76. The van der Waals surface area contributed by atoms with Gasteiger partial charge in [0.05, 0.1) is 0 Å². The van der Waals surface area contributed by atoms with Crippen LogP contribution in [-0.4, -0.2) is 22.2 Å². The SMILES string of the molecule is O=C(O)C1(C(=O)O)C=CC=C(c2cccc3c2Cc2ccccc2-3)C1. The minimum atomic E-state index is -1.90. The molecule has 0 atom stereocenters. The van der Waals surface area contributed by atoms with Crippen LogP contribution in [0.5, 0.6) is 0 Å². The molecular weight excluding hydrogens is 316 g/mol. The molecule has 0 heterocycles. The van der Waals surface area contributed by atoms with Crippen molar-refractivity contribution >= 4 is 17.5 Å². The molecule has 0 saturated heterocycles. The van der Waals surface area contributed by atoms with Crippen molar-refractivity contribution in [3.63, 3.8) is 0 Å². The largest absolute Gasteiger partial charge is 0.480 e. The lowest BCUT2D eigenvalue weighted by molar-refractivity contribution is -0.160. The summed E-state index contributed by atoms with van der Waals surface area (Å²) in [5.41, 5.74) is 4.48. The summed E-state index contributed by atoms with van der Waals surface area (Å²) in [6, 6.07) is 14.1. The molecule has 0 fully saturated rings. The van der Waals surface area contributed by atoms with E-state index >= 15 is 0 Å². The number of hydrogen-bond donors (Lipinski definition) is 2. The fourth-order valence-corrected chi connectivity index (χ4v) is 3.78. The lowest BCUT2D eigenvalue weighted by Gasteiger charge is -2.26. The molecule has 0 radical (unpaired) electrons. The molecule has 0 saturated carbocycles. The van der Waals surface area contributed by atoms with E-state index in [4.69, 9.17) is 0 Å². The number of rotatable bonds is 3. The molecule has 2 aliphatic rings. The van der Waals surface area contributed by atoms with Gasteiger partial charge in [0.1, 0.15) is 0 Å². The first-order valence-corrected chi connectivity index (χ1v) is 8.09. The molecule has 0 aromatic heterocycles. The van der Waals surface area contributed by atoms with E-state index in [1.165, 1.54) is 17.2 Å². The Labute approximate surface area is 144 Å². The Hall–Kier alpha value is -3.14. The van der Waals surface area contributed by atoms with Crippen LogP contribution in [-0.2, 0) is 16.0 Å². The first kappa shape index (κ1) is 15.4. The topological polar surface area (TPSA) is 74.6 Å². The average molecular weight is 332 g/mol. The highest BCUT2D eigenvalue weighted by Crippen LogP contribution is 2.44. The van der Waals surface area contributed by atoms with Crippen molar-refractivity contribution in [1.82, 2.24) is 0 Å². The molecule has 2 N–H and O–H groups in total. The summed E-state index contributed by atoms with van der Waals surface area (Å²) in [6.45, 7) is 0. The maximum atomic E-state index is 11.6. The van der Waals surface area contributed by atoms with Crippen LogP contribution in [0.1, 0.15) is 23.1 Å². The average Bonchev–Trinajstić information content (AvgIpc) is 3.00. The van der Waals surface area contributed by atoms with Crippen LogP contribution >= 0.6 is 0 Å². The Morgan fingerprint density at radius 1 is 0.880 bits per heavy atom. The Morgan fingerprint density at radius 3 is 2.32 bits per heavy atom. The maximum absolute atomic E-state index is 11.6. The van der Waals surface area contributed by atoms with Gasteiger partial charge in [-0.2, -0.15) is 0 Å². The van der Waals surface area contributed by atoms with E-state index in [1.54, 1.807) is 6.08 Å². The third-order valence-corrected chi connectivity index (χ3v) is 5.11. The number of hydrogen-bond acceptors (Lipinski definition) is 2. The molecule has 4 nitrogen and oxygen atoms in total. The molecule has 0 spiro atoms. The summed E-state index contributed by atoms with van der Waals surface area (Å²) in [5, 5.41) is 19.0. The first-order chi connectivity index (χ1) is 12.0. The Bertz CT molecular complexity index is 952. The normalized spacial score (nSPS) is 16.7.